The number of furan rings is 1. The van der Waals surface area contributed by atoms with Crippen LogP contribution in [0.3, 0.4) is 0 Å². The van der Waals surface area contributed by atoms with E-state index in [1.807, 2.05) is 12.1 Å². The maximum absolute atomic E-state index is 12.6. The van der Waals surface area contributed by atoms with Gasteiger partial charge in [0.2, 0.25) is 0 Å². The second-order valence-electron chi connectivity index (χ2n) is 5.92. The first-order valence-electron chi connectivity index (χ1n) is 8.14. The Morgan fingerprint density at radius 3 is 2.82 bits per heavy atom. The highest BCUT2D eigenvalue weighted by atomic mass is 35.5. The zero-order valence-corrected chi connectivity index (χ0v) is 16.6. The van der Waals surface area contributed by atoms with E-state index in [1.54, 1.807) is 30.5 Å². The standard InChI is InChI=1S/C19H12ClN3O3S2/c20-12-3-1-10(2-4-12)7-22-17(24)14-9-21-8-11-5-13(26-16(11)14)6-15-18(25)23-19(27)28-15/h1-6,8-9H,7H2,(H,22,24)(H,23,25,27). The minimum atomic E-state index is -0.309. The first-order chi connectivity index (χ1) is 13.5. The molecule has 0 unspecified atom stereocenters. The molecule has 4 rings (SSSR count). The Bertz CT molecular complexity index is 1140. The van der Waals surface area contributed by atoms with Gasteiger partial charge >= 0.3 is 0 Å². The van der Waals surface area contributed by atoms with Gasteiger partial charge in [-0.2, -0.15) is 0 Å². The summed E-state index contributed by atoms with van der Waals surface area (Å²) in [6.45, 7) is 0.345. The molecule has 0 radical (unpaired) electrons. The van der Waals surface area contributed by atoms with Crippen LogP contribution in [0.5, 0.6) is 0 Å². The average Bonchev–Trinajstić information content (AvgIpc) is 3.22. The Hall–Kier alpha value is -2.68. The number of thiocarbonyl (C=S) groups is 1. The molecule has 2 N–H and O–H groups in total. The van der Waals surface area contributed by atoms with Crippen LogP contribution in [0.2, 0.25) is 5.02 Å². The van der Waals surface area contributed by atoms with E-state index in [1.165, 1.54) is 6.20 Å². The minimum absolute atomic E-state index is 0.269. The normalized spacial score (nSPS) is 15.2. The lowest BCUT2D eigenvalue weighted by molar-refractivity contribution is -0.115. The van der Waals surface area contributed by atoms with Gasteiger partial charge in [-0.3, -0.25) is 14.6 Å². The molecule has 9 heteroatoms. The van der Waals surface area contributed by atoms with E-state index in [0.29, 0.717) is 43.1 Å². The molecule has 1 aliphatic rings. The summed E-state index contributed by atoms with van der Waals surface area (Å²) >= 11 is 12.0. The van der Waals surface area contributed by atoms with Crippen LogP contribution in [-0.2, 0) is 11.3 Å². The van der Waals surface area contributed by atoms with Crippen molar-refractivity contribution >= 4 is 68.8 Å². The van der Waals surface area contributed by atoms with E-state index in [2.05, 4.69) is 15.6 Å². The smallest absolute Gasteiger partial charge is 0.263 e. The lowest BCUT2D eigenvalue weighted by Crippen LogP contribution is -2.23. The number of thioether (sulfide) groups is 1. The van der Waals surface area contributed by atoms with Crippen LogP contribution in [0.25, 0.3) is 17.0 Å². The summed E-state index contributed by atoms with van der Waals surface area (Å²) in [6, 6.07) is 8.93. The molecule has 3 aromatic rings. The summed E-state index contributed by atoms with van der Waals surface area (Å²) in [5.41, 5.74) is 1.64. The number of fused-ring (bicyclic) bond motifs is 1. The lowest BCUT2D eigenvalue weighted by Gasteiger charge is -2.05. The summed E-state index contributed by atoms with van der Waals surface area (Å²) in [4.78, 5) is 29.0. The van der Waals surface area contributed by atoms with Crippen molar-refractivity contribution in [2.45, 2.75) is 6.54 Å². The molecule has 0 atom stereocenters. The van der Waals surface area contributed by atoms with E-state index < -0.39 is 0 Å². The number of halogens is 1. The second kappa shape index (κ2) is 7.75. The Balaban J connectivity index is 1.57. The van der Waals surface area contributed by atoms with Crippen LogP contribution in [0, 0.1) is 0 Å². The van der Waals surface area contributed by atoms with Crippen LogP contribution in [0.15, 0.2) is 52.0 Å². The zero-order chi connectivity index (χ0) is 19.7. The minimum Gasteiger partial charge on any atom is -0.456 e. The predicted octanol–water partition coefficient (Wildman–Crippen LogP) is 3.90. The maximum Gasteiger partial charge on any atom is 0.263 e. The van der Waals surface area contributed by atoms with Gasteiger partial charge in [0.1, 0.15) is 15.6 Å². The first-order valence-corrected chi connectivity index (χ1v) is 9.75. The van der Waals surface area contributed by atoms with Crippen LogP contribution in [0.1, 0.15) is 21.7 Å². The van der Waals surface area contributed by atoms with Crippen LogP contribution >= 0.6 is 35.6 Å². The number of amides is 2. The van der Waals surface area contributed by atoms with Gasteiger partial charge in [-0.05, 0) is 23.8 Å². The quantitative estimate of drug-likeness (QED) is 0.483. The largest absolute Gasteiger partial charge is 0.456 e. The molecule has 28 heavy (non-hydrogen) atoms. The van der Waals surface area contributed by atoms with Crippen molar-refractivity contribution in [1.29, 1.82) is 0 Å². The molecule has 1 fully saturated rings. The fourth-order valence-corrected chi connectivity index (χ4v) is 3.80. The molecule has 1 saturated heterocycles. The third-order valence-electron chi connectivity index (χ3n) is 3.97. The van der Waals surface area contributed by atoms with Gasteiger partial charge in [0.15, 0.2) is 5.58 Å². The maximum atomic E-state index is 12.6. The number of carbonyl (C=O) groups is 2. The highest BCUT2D eigenvalue weighted by Gasteiger charge is 2.23. The SMILES string of the molecule is O=C1NC(=S)SC1=Cc1cc2cncc(C(=O)NCc3ccc(Cl)cc3)c2o1. The van der Waals surface area contributed by atoms with Crippen molar-refractivity contribution in [3.05, 3.63) is 69.5 Å². The van der Waals surface area contributed by atoms with Crippen molar-refractivity contribution < 1.29 is 14.0 Å². The number of benzene rings is 1. The van der Waals surface area contributed by atoms with Gasteiger partial charge in [-0.15, -0.1) is 0 Å². The number of nitrogens with zero attached hydrogens (tertiary/aromatic N) is 1. The monoisotopic (exact) mass is 429 g/mol. The van der Waals surface area contributed by atoms with Crippen molar-refractivity contribution in [2.75, 3.05) is 0 Å². The Kier molecular flexibility index (Phi) is 5.17. The molecular formula is C19H12ClN3O3S2. The lowest BCUT2D eigenvalue weighted by atomic mass is 10.2. The summed E-state index contributed by atoms with van der Waals surface area (Å²) < 4.78 is 6.20. The van der Waals surface area contributed by atoms with Gasteiger partial charge in [-0.1, -0.05) is 47.7 Å². The molecule has 6 nitrogen and oxygen atoms in total. The van der Waals surface area contributed by atoms with E-state index in [9.17, 15) is 9.59 Å². The Labute approximate surface area is 174 Å². The van der Waals surface area contributed by atoms with E-state index in [4.69, 9.17) is 28.2 Å². The molecule has 2 amide bonds. The van der Waals surface area contributed by atoms with E-state index in [-0.39, 0.29) is 11.8 Å². The molecule has 0 saturated carbocycles. The van der Waals surface area contributed by atoms with Crippen molar-refractivity contribution in [3.8, 4) is 0 Å². The van der Waals surface area contributed by atoms with Crippen molar-refractivity contribution in [3.63, 3.8) is 0 Å². The van der Waals surface area contributed by atoms with E-state index in [0.717, 1.165) is 17.3 Å². The molecule has 0 aliphatic carbocycles. The first kappa shape index (κ1) is 18.7. The number of rotatable bonds is 4. The summed E-state index contributed by atoms with van der Waals surface area (Å²) in [6.07, 6.45) is 4.64. The molecule has 0 spiro atoms. The van der Waals surface area contributed by atoms with Gasteiger partial charge in [0, 0.05) is 35.4 Å². The van der Waals surface area contributed by atoms with Gasteiger partial charge in [-0.25, -0.2) is 0 Å². The molecule has 1 aromatic carbocycles. The fraction of sp³-hybridized carbons (Fsp3) is 0.0526. The van der Waals surface area contributed by atoms with Gasteiger partial charge in [0.05, 0.1) is 4.91 Å². The van der Waals surface area contributed by atoms with Crippen LogP contribution in [0.4, 0.5) is 0 Å². The third-order valence-corrected chi connectivity index (χ3v) is 5.38. The molecular weight excluding hydrogens is 418 g/mol. The van der Waals surface area contributed by atoms with Crippen molar-refractivity contribution in [2.24, 2.45) is 0 Å². The van der Waals surface area contributed by atoms with Crippen LogP contribution in [-0.4, -0.2) is 21.1 Å². The Morgan fingerprint density at radius 2 is 2.11 bits per heavy atom. The van der Waals surface area contributed by atoms with Crippen LogP contribution < -0.4 is 10.6 Å². The van der Waals surface area contributed by atoms with Gasteiger partial charge in [0.25, 0.3) is 11.8 Å². The van der Waals surface area contributed by atoms with E-state index >= 15 is 0 Å². The average molecular weight is 430 g/mol. The summed E-state index contributed by atoms with van der Waals surface area (Å²) in [5, 5.41) is 6.69. The third kappa shape index (κ3) is 3.94. The highest BCUT2D eigenvalue weighted by Crippen LogP contribution is 2.29. The number of nitrogens with one attached hydrogen (secondary N) is 2. The number of carbonyl (C=O) groups excluding carboxylic acids is 2. The summed E-state index contributed by atoms with van der Waals surface area (Å²) in [7, 11) is 0. The fourth-order valence-electron chi connectivity index (χ4n) is 2.65. The van der Waals surface area contributed by atoms with Gasteiger partial charge < -0.3 is 15.1 Å². The number of aromatic nitrogens is 1. The van der Waals surface area contributed by atoms with Crippen molar-refractivity contribution in [1.82, 2.24) is 15.6 Å². The molecule has 3 heterocycles. The summed E-state index contributed by atoms with van der Waals surface area (Å²) in [5.74, 6) is -0.137. The molecule has 140 valence electrons. The highest BCUT2D eigenvalue weighted by molar-refractivity contribution is 8.26. The number of hydrogen-bond donors (Lipinski definition) is 2. The predicted molar refractivity (Wildman–Crippen MR) is 113 cm³/mol. The number of hydrogen-bond acceptors (Lipinski definition) is 6. The second-order valence-corrected chi connectivity index (χ2v) is 8.07. The molecule has 0 bridgehead atoms. The molecule has 2 aromatic heterocycles. The zero-order valence-electron chi connectivity index (χ0n) is 14.2. The molecule has 1 aliphatic heterocycles. The topological polar surface area (TPSA) is 84.2 Å². The number of pyridine rings is 1. The Morgan fingerprint density at radius 1 is 1.32 bits per heavy atom.